The number of rotatable bonds is 6. The molecule has 0 unspecified atom stereocenters. The molecule has 1 aromatic carbocycles. The molecule has 20 heavy (non-hydrogen) atoms. The Morgan fingerprint density at radius 3 is 2.30 bits per heavy atom. The highest BCUT2D eigenvalue weighted by molar-refractivity contribution is 7.98. The highest BCUT2D eigenvalue weighted by Crippen LogP contribution is 2.31. The number of ether oxygens (including phenoxy) is 3. The first-order valence-corrected chi connectivity index (χ1v) is 6.96. The molecule has 5 nitrogen and oxygen atoms in total. The van der Waals surface area contributed by atoms with Crippen molar-refractivity contribution in [2.45, 2.75) is 10.6 Å². The molecule has 0 fully saturated rings. The van der Waals surface area contributed by atoms with Gasteiger partial charge in [-0.05, 0) is 17.7 Å². The lowest BCUT2D eigenvalue weighted by Gasteiger charge is -2.08. The summed E-state index contributed by atoms with van der Waals surface area (Å²) in [6.07, 6.45) is 0. The van der Waals surface area contributed by atoms with Crippen molar-refractivity contribution in [3.63, 3.8) is 0 Å². The lowest BCUT2D eigenvalue weighted by atomic mass is 10.2. The van der Waals surface area contributed by atoms with E-state index in [2.05, 4.69) is 10.2 Å². The minimum absolute atomic E-state index is 0.475. The lowest BCUT2D eigenvalue weighted by Crippen LogP contribution is -1.96. The van der Waals surface area contributed by atoms with E-state index in [-0.39, 0.29) is 0 Å². The first kappa shape index (κ1) is 14.5. The van der Waals surface area contributed by atoms with Crippen LogP contribution in [0.3, 0.4) is 0 Å². The van der Waals surface area contributed by atoms with Crippen molar-refractivity contribution in [3.05, 3.63) is 35.9 Å². The molecular weight excluding hydrogens is 276 g/mol. The normalized spacial score (nSPS) is 10.2. The summed E-state index contributed by atoms with van der Waals surface area (Å²) in [6, 6.07) is 9.77. The number of methoxy groups -OCH3 is 3. The fourth-order valence-electron chi connectivity index (χ4n) is 1.57. The summed E-state index contributed by atoms with van der Waals surface area (Å²) in [7, 11) is 4.80. The van der Waals surface area contributed by atoms with Crippen LogP contribution in [0.15, 0.2) is 35.2 Å². The van der Waals surface area contributed by atoms with Crippen molar-refractivity contribution in [1.82, 2.24) is 10.2 Å². The summed E-state index contributed by atoms with van der Waals surface area (Å²) in [4.78, 5) is 0.898. The van der Waals surface area contributed by atoms with Crippen molar-refractivity contribution in [1.29, 1.82) is 0 Å². The van der Waals surface area contributed by atoms with Gasteiger partial charge >= 0.3 is 0 Å². The van der Waals surface area contributed by atoms with E-state index in [9.17, 15) is 0 Å². The summed E-state index contributed by atoms with van der Waals surface area (Å²) in [5.41, 5.74) is 1.19. The van der Waals surface area contributed by atoms with E-state index in [4.69, 9.17) is 14.2 Å². The molecule has 2 aromatic rings. The highest BCUT2D eigenvalue weighted by Gasteiger charge is 2.09. The van der Waals surface area contributed by atoms with Gasteiger partial charge in [-0.3, -0.25) is 0 Å². The molecular formula is C14H16N2O3S. The third kappa shape index (κ3) is 3.54. The van der Waals surface area contributed by atoms with Crippen LogP contribution in [0.25, 0.3) is 0 Å². The van der Waals surface area contributed by atoms with Gasteiger partial charge in [0.15, 0.2) is 0 Å². The van der Waals surface area contributed by atoms with Gasteiger partial charge in [0, 0.05) is 11.8 Å². The van der Waals surface area contributed by atoms with Crippen LogP contribution in [0.5, 0.6) is 17.5 Å². The standard InChI is InChI=1S/C14H16N2O3S/c1-17-11-6-4-10(5-7-11)9-20-12-8-13(18-2)15-16-14(12)19-3/h4-8H,9H2,1-3H3. The van der Waals surface area contributed by atoms with Crippen LogP contribution in [0.1, 0.15) is 5.56 Å². The summed E-state index contributed by atoms with van der Waals surface area (Å²) in [5, 5.41) is 7.85. The molecule has 0 N–H and O–H groups in total. The fraction of sp³-hybridized carbons (Fsp3) is 0.286. The van der Waals surface area contributed by atoms with Crippen LogP contribution in [0.4, 0.5) is 0 Å². The smallest absolute Gasteiger partial charge is 0.247 e. The van der Waals surface area contributed by atoms with Gasteiger partial charge in [0.25, 0.3) is 0 Å². The van der Waals surface area contributed by atoms with E-state index in [1.54, 1.807) is 33.1 Å². The predicted molar refractivity (Wildman–Crippen MR) is 77.7 cm³/mol. The van der Waals surface area contributed by atoms with Crippen LogP contribution in [-0.4, -0.2) is 31.5 Å². The van der Waals surface area contributed by atoms with Crippen molar-refractivity contribution in [3.8, 4) is 17.5 Å². The molecule has 0 aliphatic heterocycles. The van der Waals surface area contributed by atoms with Crippen molar-refractivity contribution in [2.75, 3.05) is 21.3 Å². The third-order valence-electron chi connectivity index (χ3n) is 2.66. The van der Waals surface area contributed by atoms with Crippen LogP contribution < -0.4 is 14.2 Å². The minimum Gasteiger partial charge on any atom is -0.497 e. The maximum atomic E-state index is 5.20. The Hall–Kier alpha value is -1.95. The number of thioether (sulfide) groups is 1. The summed E-state index contributed by atoms with van der Waals surface area (Å²) < 4.78 is 15.4. The van der Waals surface area contributed by atoms with Gasteiger partial charge in [0.2, 0.25) is 11.8 Å². The van der Waals surface area contributed by atoms with Crippen molar-refractivity contribution < 1.29 is 14.2 Å². The monoisotopic (exact) mass is 292 g/mol. The molecule has 6 heteroatoms. The number of benzene rings is 1. The molecule has 1 heterocycles. The molecule has 106 valence electrons. The quantitative estimate of drug-likeness (QED) is 0.763. The molecule has 0 bridgehead atoms. The van der Waals surface area contributed by atoms with Gasteiger partial charge in [-0.25, -0.2) is 0 Å². The van der Waals surface area contributed by atoms with Gasteiger partial charge in [0.1, 0.15) is 5.75 Å². The van der Waals surface area contributed by atoms with Gasteiger partial charge in [0.05, 0.1) is 26.2 Å². The van der Waals surface area contributed by atoms with Crippen LogP contribution >= 0.6 is 11.8 Å². The zero-order valence-electron chi connectivity index (χ0n) is 11.6. The Morgan fingerprint density at radius 2 is 1.70 bits per heavy atom. The Balaban J connectivity index is 2.08. The first-order chi connectivity index (χ1) is 9.76. The first-order valence-electron chi connectivity index (χ1n) is 5.98. The van der Waals surface area contributed by atoms with E-state index in [0.717, 1.165) is 16.4 Å². The molecule has 0 saturated heterocycles. The Kier molecular flexibility index (Phi) is 5.06. The maximum absolute atomic E-state index is 5.20. The second-order valence-electron chi connectivity index (χ2n) is 3.90. The molecule has 1 aromatic heterocycles. The van der Waals surface area contributed by atoms with Crippen molar-refractivity contribution in [2.24, 2.45) is 0 Å². The Bertz CT molecular complexity index is 561. The molecule has 0 aliphatic carbocycles. The average molecular weight is 292 g/mol. The van der Waals surface area contributed by atoms with Gasteiger partial charge in [-0.1, -0.05) is 12.1 Å². The number of hydrogen-bond acceptors (Lipinski definition) is 6. The predicted octanol–water partition coefficient (Wildman–Crippen LogP) is 2.79. The van der Waals surface area contributed by atoms with E-state index in [0.29, 0.717) is 11.8 Å². The summed E-state index contributed by atoms with van der Waals surface area (Å²) in [5.74, 6) is 2.63. The highest BCUT2D eigenvalue weighted by atomic mass is 32.2. The second-order valence-corrected chi connectivity index (χ2v) is 4.91. The largest absolute Gasteiger partial charge is 0.497 e. The molecule has 0 amide bonds. The summed E-state index contributed by atoms with van der Waals surface area (Å²) in [6.45, 7) is 0. The third-order valence-corrected chi connectivity index (χ3v) is 3.74. The molecule has 0 saturated carbocycles. The lowest BCUT2D eigenvalue weighted by molar-refractivity contribution is 0.358. The molecule has 0 spiro atoms. The van der Waals surface area contributed by atoms with E-state index >= 15 is 0 Å². The van der Waals surface area contributed by atoms with Gasteiger partial charge in [-0.15, -0.1) is 22.0 Å². The molecule has 0 radical (unpaired) electrons. The Morgan fingerprint density at radius 1 is 0.950 bits per heavy atom. The average Bonchev–Trinajstić information content (AvgIpc) is 2.53. The molecule has 0 atom stereocenters. The van der Waals surface area contributed by atoms with Crippen molar-refractivity contribution >= 4 is 11.8 Å². The Labute approximate surface area is 122 Å². The van der Waals surface area contributed by atoms with Gasteiger partial charge < -0.3 is 14.2 Å². The second kappa shape index (κ2) is 7.00. The minimum atomic E-state index is 0.475. The molecule has 0 aliphatic rings. The van der Waals surface area contributed by atoms with Crippen LogP contribution in [-0.2, 0) is 5.75 Å². The van der Waals surface area contributed by atoms with Crippen LogP contribution in [0, 0.1) is 0 Å². The number of nitrogens with zero attached hydrogens (tertiary/aromatic N) is 2. The van der Waals surface area contributed by atoms with E-state index in [1.165, 1.54) is 5.56 Å². The number of hydrogen-bond donors (Lipinski definition) is 0. The zero-order valence-corrected chi connectivity index (χ0v) is 12.4. The maximum Gasteiger partial charge on any atom is 0.247 e. The fourth-order valence-corrected chi connectivity index (χ4v) is 2.52. The SMILES string of the molecule is COc1ccc(CSc2cc(OC)nnc2OC)cc1. The van der Waals surface area contributed by atoms with E-state index < -0.39 is 0 Å². The van der Waals surface area contributed by atoms with E-state index in [1.807, 2.05) is 30.3 Å². The van der Waals surface area contributed by atoms with Gasteiger partial charge in [-0.2, -0.15) is 0 Å². The topological polar surface area (TPSA) is 53.5 Å². The van der Waals surface area contributed by atoms with Crippen LogP contribution in [0.2, 0.25) is 0 Å². The number of aromatic nitrogens is 2. The zero-order chi connectivity index (χ0) is 14.4. The summed E-state index contributed by atoms with van der Waals surface area (Å²) >= 11 is 1.62. The molecule has 2 rings (SSSR count).